The standard InChI is InChI=1S/C36H28O10P2S/c37-47(41-29-13-5-1-6-14-29,42-30-15-7-2-8-16-30)45-33-21-25-35(26-22-33)49(39,40)36-27-23-34(24-28-36)46-48(38,43-31-17-9-3-10-18-31)44-32-19-11-4-12-20-32/h1-28H. The molecule has 0 aromatic heterocycles. The van der Waals surface area contributed by atoms with Gasteiger partial charge in [0.25, 0.3) is 0 Å². The first-order chi connectivity index (χ1) is 23.7. The average molecular weight is 715 g/mol. The minimum Gasteiger partial charge on any atom is -0.386 e. The van der Waals surface area contributed by atoms with Crippen LogP contribution in [0.25, 0.3) is 0 Å². The molecule has 0 saturated heterocycles. The molecule has 13 heteroatoms. The number of para-hydroxylation sites is 4. The summed E-state index contributed by atoms with van der Waals surface area (Å²) in [5.41, 5.74) is 0. The number of phosphoric ester groups is 2. The van der Waals surface area contributed by atoms with Gasteiger partial charge in [-0.3, -0.25) is 0 Å². The van der Waals surface area contributed by atoms with Gasteiger partial charge in [0.15, 0.2) is 0 Å². The van der Waals surface area contributed by atoms with Crippen LogP contribution < -0.4 is 27.1 Å². The summed E-state index contributed by atoms with van der Waals surface area (Å²) in [6.45, 7) is 0. The van der Waals surface area contributed by atoms with Gasteiger partial charge in [-0.1, -0.05) is 72.8 Å². The Morgan fingerprint density at radius 2 is 0.510 bits per heavy atom. The molecule has 0 fully saturated rings. The summed E-state index contributed by atoms with van der Waals surface area (Å²) in [5, 5.41) is 0. The van der Waals surface area contributed by atoms with Crippen LogP contribution in [0.15, 0.2) is 180 Å². The van der Waals surface area contributed by atoms with E-state index in [1.54, 1.807) is 121 Å². The molecule has 0 heterocycles. The van der Waals surface area contributed by atoms with Crippen molar-refractivity contribution in [1.29, 1.82) is 0 Å². The van der Waals surface area contributed by atoms with Crippen molar-refractivity contribution in [3.63, 3.8) is 0 Å². The Labute approximate surface area is 283 Å². The van der Waals surface area contributed by atoms with Crippen LogP contribution in [-0.4, -0.2) is 8.42 Å². The molecule has 0 unspecified atom stereocenters. The molecule has 0 aliphatic carbocycles. The van der Waals surface area contributed by atoms with E-state index in [-0.39, 0.29) is 44.3 Å². The van der Waals surface area contributed by atoms with E-state index in [2.05, 4.69) is 0 Å². The van der Waals surface area contributed by atoms with Crippen LogP contribution >= 0.6 is 15.6 Å². The zero-order valence-electron chi connectivity index (χ0n) is 25.6. The summed E-state index contributed by atoms with van der Waals surface area (Å²) in [7, 11) is -12.6. The van der Waals surface area contributed by atoms with Crippen molar-refractivity contribution < 1.29 is 44.7 Å². The van der Waals surface area contributed by atoms with Crippen LogP contribution in [0.5, 0.6) is 34.5 Å². The molecular weight excluding hydrogens is 686 g/mol. The van der Waals surface area contributed by atoms with Crippen LogP contribution in [0, 0.1) is 0 Å². The maximum atomic E-state index is 13.7. The number of rotatable bonds is 14. The maximum absolute atomic E-state index is 13.7. The quantitative estimate of drug-likeness (QED) is 0.101. The Hall–Kier alpha value is -5.47. The second-order valence-corrected chi connectivity index (χ2v) is 15.0. The predicted octanol–water partition coefficient (Wildman–Crippen LogP) is 9.81. The second-order valence-electron chi connectivity index (χ2n) is 10.1. The monoisotopic (exact) mass is 714 g/mol. The molecule has 0 amide bonds. The molecule has 0 atom stereocenters. The smallest absolute Gasteiger partial charge is 0.386 e. The molecule has 10 nitrogen and oxygen atoms in total. The highest BCUT2D eigenvalue weighted by Crippen LogP contribution is 2.51. The van der Waals surface area contributed by atoms with Crippen molar-refractivity contribution in [1.82, 2.24) is 0 Å². The van der Waals surface area contributed by atoms with Gasteiger partial charge in [-0.25, -0.2) is 8.42 Å². The van der Waals surface area contributed by atoms with Gasteiger partial charge in [0, 0.05) is 0 Å². The molecule has 0 N–H and O–H groups in total. The Morgan fingerprint density at radius 3 is 0.735 bits per heavy atom. The number of phosphoric acid groups is 2. The lowest BCUT2D eigenvalue weighted by molar-refractivity contribution is 0.296. The van der Waals surface area contributed by atoms with E-state index in [1.807, 2.05) is 0 Å². The molecule has 0 saturated carbocycles. The molecule has 0 spiro atoms. The zero-order chi connectivity index (χ0) is 34.2. The summed E-state index contributed by atoms with van der Waals surface area (Å²) >= 11 is 0. The van der Waals surface area contributed by atoms with Gasteiger partial charge >= 0.3 is 15.6 Å². The SMILES string of the molecule is O=P(Oc1ccccc1)(Oc1ccccc1)Oc1ccc(S(=O)(=O)c2ccc(OP(=O)(Oc3ccccc3)Oc3ccccc3)cc2)cc1. The van der Waals surface area contributed by atoms with Crippen molar-refractivity contribution >= 4 is 25.5 Å². The van der Waals surface area contributed by atoms with E-state index < -0.39 is 25.5 Å². The highest BCUT2D eigenvalue weighted by atomic mass is 32.2. The van der Waals surface area contributed by atoms with Crippen LogP contribution in [0.2, 0.25) is 0 Å². The Morgan fingerprint density at radius 1 is 0.306 bits per heavy atom. The van der Waals surface area contributed by atoms with Gasteiger partial charge in [-0.2, -0.15) is 9.13 Å². The van der Waals surface area contributed by atoms with Crippen molar-refractivity contribution in [2.24, 2.45) is 0 Å². The molecule has 49 heavy (non-hydrogen) atoms. The lowest BCUT2D eigenvalue weighted by Crippen LogP contribution is -2.08. The second kappa shape index (κ2) is 14.7. The van der Waals surface area contributed by atoms with Crippen molar-refractivity contribution in [2.45, 2.75) is 9.79 Å². The molecule has 0 aliphatic rings. The van der Waals surface area contributed by atoms with Gasteiger partial charge in [-0.15, -0.1) is 0 Å². The van der Waals surface area contributed by atoms with E-state index >= 15 is 0 Å². The fourth-order valence-electron chi connectivity index (χ4n) is 4.31. The van der Waals surface area contributed by atoms with Crippen molar-refractivity contribution in [3.8, 4) is 34.5 Å². The molecule has 0 bridgehead atoms. The van der Waals surface area contributed by atoms with Crippen molar-refractivity contribution in [2.75, 3.05) is 0 Å². The predicted molar refractivity (Wildman–Crippen MR) is 183 cm³/mol. The van der Waals surface area contributed by atoms with Crippen LogP contribution in [0.4, 0.5) is 0 Å². The number of hydrogen-bond donors (Lipinski definition) is 0. The van der Waals surface area contributed by atoms with Crippen LogP contribution in [-0.2, 0) is 19.0 Å². The largest absolute Gasteiger partial charge is 0.647 e. The number of sulfone groups is 1. The zero-order valence-corrected chi connectivity index (χ0v) is 28.2. The van der Waals surface area contributed by atoms with E-state index in [9.17, 15) is 17.5 Å². The summed E-state index contributed by atoms with van der Waals surface area (Å²) in [4.78, 5) is -0.136. The van der Waals surface area contributed by atoms with E-state index in [4.69, 9.17) is 27.1 Å². The first kappa shape index (κ1) is 33.4. The Kier molecular flexibility index (Phi) is 10.1. The molecule has 0 radical (unpaired) electrons. The molecule has 0 aliphatic heterocycles. The summed E-state index contributed by atoms with van der Waals surface area (Å²) in [6.07, 6.45) is 0. The first-order valence-corrected chi connectivity index (χ1v) is 19.1. The average Bonchev–Trinajstić information content (AvgIpc) is 3.10. The van der Waals surface area contributed by atoms with E-state index in [0.717, 1.165) is 0 Å². The van der Waals surface area contributed by atoms with Gasteiger partial charge in [0.2, 0.25) is 9.84 Å². The van der Waals surface area contributed by atoms with Crippen molar-refractivity contribution in [3.05, 3.63) is 170 Å². The fourth-order valence-corrected chi connectivity index (χ4v) is 8.07. The van der Waals surface area contributed by atoms with Gasteiger partial charge in [0.05, 0.1) is 9.79 Å². The highest BCUT2D eigenvalue weighted by molar-refractivity contribution is 7.91. The Balaban J connectivity index is 1.18. The molecule has 6 aromatic rings. The number of hydrogen-bond acceptors (Lipinski definition) is 10. The van der Waals surface area contributed by atoms with Gasteiger partial charge in [0.1, 0.15) is 34.5 Å². The summed E-state index contributed by atoms with van der Waals surface area (Å²) in [5.74, 6) is 1.10. The topological polar surface area (TPSA) is 124 Å². The molecular formula is C36H28O10P2S. The molecule has 6 rings (SSSR count). The minimum atomic E-state index is -4.27. The normalized spacial score (nSPS) is 11.6. The summed E-state index contributed by atoms with van der Waals surface area (Å²) in [6, 6.07) is 44.1. The van der Waals surface area contributed by atoms with E-state index in [0.29, 0.717) is 0 Å². The summed E-state index contributed by atoms with van der Waals surface area (Å²) < 4.78 is 88.3. The van der Waals surface area contributed by atoms with Gasteiger partial charge < -0.3 is 27.1 Å². The third-order valence-corrected chi connectivity index (χ3v) is 10.9. The van der Waals surface area contributed by atoms with Gasteiger partial charge in [-0.05, 0) is 97.1 Å². The minimum absolute atomic E-state index is 0.0467. The first-order valence-electron chi connectivity index (χ1n) is 14.7. The fraction of sp³-hybridized carbons (Fsp3) is 0. The third kappa shape index (κ3) is 8.91. The molecule has 6 aromatic carbocycles. The number of benzene rings is 6. The highest BCUT2D eigenvalue weighted by Gasteiger charge is 2.34. The molecule has 248 valence electrons. The van der Waals surface area contributed by atoms with E-state index in [1.165, 1.54) is 48.5 Å². The third-order valence-electron chi connectivity index (χ3n) is 6.54. The maximum Gasteiger partial charge on any atom is 0.647 e. The lowest BCUT2D eigenvalue weighted by Gasteiger charge is -2.19. The Bertz CT molecular complexity index is 1930. The lowest BCUT2D eigenvalue weighted by atomic mass is 10.3. The van der Waals surface area contributed by atoms with Crippen LogP contribution in [0.1, 0.15) is 0 Å². The van der Waals surface area contributed by atoms with Crippen LogP contribution in [0.3, 0.4) is 0 Å².